The van der Waals surface area contributed by atoms with Crippen LogP contribution in [0.15, 0.2) is 36.2 Å². The Balaban J connectivity index is 0.00000405. The van der Waals surface area contributed by atoms with Gasteiger partial charge in [-0.1, -0.05) is 24.3 Å². The minimum Gasteiger partial charge on any atom is -0.689 e. The van der Waals surface area contributed by atoms with Gasteiger partial charge in [0, 0.05) is 30.1 Å². The van der Waals surface area contributed by atoms with Crippen molar-refractivity contribution in [2.24, 2.45) is 18.7 Å². The fraction of sp³-hybridized carbons (Fsp3) is 0.393. The van der Waals surface area contributed by atoms with Gasteiger partial charge in [-0.15, -0.1) is 12.7 Å². The van der Waals surface area contributed by atoms with Crippen molar-refractivity contribution in [2.45, 2.75) is 44.8 Å². The number of primary amides is 1. The summed E-state index contributed by atoms with van der Waals surface area (Å²) in [5.74, 6) is 0.886. The molecule has 0 aliphatic heterocycles. The van der Waals surface area contributed by atoms with Gasteiger partial charge in [0.15, 0.2) is 11.5 Å². The Morgan fingerprint density at radius 1 is 1.19 bits per heavy atom. The van der Waals surface area contributed by atoms with E-state index in [4.69, 9.17) is 25.8 Å². The molecule has 2 amide bonds. The monoisotopic (exact) mass is 606 g/mol. The molecule has 3 aromatic rings. The van der Waals surface area contributed by atoms with E-state index in [1.807, 2.05) is 0 Å². The summed E-state index contributed by atoms with van der Waals surface area (Å²) in [7, 11) is 4.57. The average molecular weight is 607 g/mol. The smallest absolute Gasteiger partial charge is 0.689 e. The number of urea groups is 1. The van der Waals surface area contributed by atoms with Gasteiger partial charge in [0.05, 0.1) is 19.2 Å². The minimum absolute atomic E-state index is 0. The van der Waals surface area contributed by atoms with Crippen molar-refractivity contribution in [3.8, 4) is 11.4 Å². The van der Waals surface area contributed by atoms with Crippen LogP contribution in [0.3, 0.4) is 0 Å². The van der Waals surface area contributed by atoms with Crippen molar-refractivity contribution in [1.82, 2.24) is 19.5 Å². The number of anilines is 1. The zero-order valence-corrected chi connectivity index (χ0v) is 27.0. The number of halogens is 3. The van der Waals surface area contributed by atoms with Crippen LogP contribution in [0.25, 0.3) is 22.3 Å². The molecule has 2 heterocycles. The number of hydrogen-bond donors (Lipinski definition) is 2. The van der Waals surface area contributed by atoms with Crippen molar-refractivity contribution in [2.75, 3.05) is 19.1 Å². The van der Waals surface area contributed by atoms with Gasteiger partial charge in [0.2, 0.25) is 5.90 Å². The maximum Gasteiger partial charge on any atom is 1.00 e. The molecule has 0 radical (unpaired) electrons. The quantitative estimate of drug-likeness (QED) is 0.230. The number of hydrogen-bond acceptors (Lipinski definition) is 6. The Hall–Kier alpha value is -2.78. The topological polar surface area (TPSA) is 137 Å². The number of benzene rings is 1. The van der Waals surface area contributed by atoms with Gasteiger partial charge in [0.1, 0.15) is 11.6 Å². The van der Waals surface area contributed by atoms with Gasteiger partial charge < -0.3 is 20.4 Å². The molecular weight excluding hydrogens is 576 g/mol. The van der Waals surface area contributed by atoms with Crippen LogP contribution < -0.4 is 62.0 Å². The molecule has 3 N–H and O–H groups in total. The molecule has 0 spiro atoms. The maximum atomic E-state index is 13.1. The maximum absolute atomic E-state index is 13.1. The van der Waals surface area contributed by atoms with E-state index in [-0.39, 0.29) is 81.4 Å². The molecule has 2 aliphatic carbocycles. The van der Waals surface area contributed by atoms with E-state index >= 15 is 0 Å². The summed E-state index contributed by atoms with van der Waals surface area (Å²) < 4.78 is 46.0. The molecule has 0 bridgehead atoms. The Labute approximate surface area is 283 Å². The van der Waals surface area contributed by atoms with Crippen molar-refractivity contribution < 1.29 is 74.1 Å². The minimum atomic E-state index is -4.55. The summed E-state index contributed by atoms with van der Waals surface area (Å²) in [6, 6.07) is 6.00. The number of rotatable bonds is 8. The zero-order chi connectivity index (χ0) is 29.5. The van der Waals surface area contributed by atoms with Gasteiger partial charge in [-0.25, -0.2) is 19.7 Å². The van der Waals surface area contributed by atoms with Gasteiger partial charge in [-0.3, -0.25) is 10.3 Å². The molecule has 14 heteroatoms. The van der Waals surface area contributed by atoms with Crippen LogP contribution in [0.5, 0.6) is 0 Å². The van der Waals surface area contributed by atoms with E-state index in [1.54, 1.807) is 31.3 Å². The number of alkyl halides is 3. The van der Waals surface area contributed by atoms with E-state index in [9.17, 15) is 18.0 Å². The van der Waals surface area contributed by atoms with Crippen LogP contribution in [0.2, 0.25) is 0 Å². The molecule has 1 fully saturated rings. The van der Waals surface area contributed by atoms with Gasteiger partial charge in [0.25, 0.3) is 0 Å². The first kappa shape index (κ1) is 32.1. The molecule has 0 saturated heterocycles. The number of amides is 2. The molecule has 0 atom stereocenters. The summed E-state index contributed by atoms with van der Waals surface area (Å²) >= 11 is 0. The number of carbonyl (C=O) groups is 1. The molecule has 2 aliphatic rings. The molecule has 0 unspecified atom stereocenters. The Kier molecular flexibility index (Phi) is 9.82. The number of nitrogens with zero attached hydrogens (tertiary/aromatic N) is 6. The number of fused-ring (bicyclic) bond motifs is 1. The van der Waals surface area contributed by atoms with Crippen LogP contribution in [-0.4, -0.2) is 45.6 Å². The second-order valence-electron chi connectivity index (χ2n) is 10.1. The number of allylic oxidation sites excluding steroid dienone is 1. The number of aromatic nitrogens is 4. The van der Waals surface area contributed by atoms with E-state index in [0.29, 0.717) is 41.1 Å². The fourth-order valence-corrected chi connectivity index (χ4v) is 5.11. The number of carbonyl (C=O) groups excluding carboxylic acids is 1. The zero-order valence-electron chi connectivity index (χ0n) is 23.9. The Morgan fingerprint density at radius 3 is 2.43 bits per heavy atom. The van der Waals surface area contributed by atoms with Crippen molar-refractivity contribution in [1.29, 1.82) is 5.41 Å². The molecule has 5 rings (SSSR count). The fourth-order valence-electron chi connectivity index (χ4n) is 5.11. The molecule has 216 valence electrons. The summed E-state index contributed by atoms with van der Waals surface area (Å²) in [5, 5.41) is 12.9. The summed E-state index contributed by atoms with van der Waals surface area (Å²) in [6.45, 7) is 0.0707. The first-order valence-electron chi connectivity index (χ1n) is 13.2. The van der Waals surface area contributed by atoms with E-state index < -0.39 is 17.9 Å². The van der Waals surface area contributed by atoms with Crippen LogP contribution in [-0.2, 0) is 37.3 Å². The van der Waals surface area contributed by atoms with E-state index in [0.717, 1.165) is 36.7 Å². The van der Waals surface area contributed by atoms with Crippen LogP contribution in [0, 0.1) is 11.3 Å². The molecule has 1 saturated carbocycles. The number of ether oxygens (including phenoxy) is 1. The van der Waals surface area contributed by atoms with Gasteiger partial charge in [-0.2, -0.15) is 13.2 Å². The molecular formula is C28H30F3KN8O2. The third kappa shape index (κ3) is 6.57. The second-order valence-corrected chi connectivity index (χ2v) is 10.1. The standard InChI is InChI=1S/C28H31F3N8O2.K/c1-34-22(16-11-12-16)21(23(32)41-3)24-35-19-6-4-5-18(19)26(37-24)39(27(33)40)13-15-7-9-17(10-8-15)25-36-20(14-38(25)2)28(29,30)31;/h7-10,14,16H,4-6,11-13H2,1-3H3,(H4,32,33,34,35,37,40);/q;+1/p-1. The predicted molar refractivity (Wildman–Crippen MR) is 147 cm³/mol. The summed E-state index contributed by atoms with van der Waals surface area (Å²) in [4.78, 5) is 27.4. The largest absolute Gasteiger partial charge is 1.00 e. The first-order valence-corrected chi connectivity index (χ1v) is 13.2. The second kappa shape index (κ2) is 12.8. The van der Waals surface area contributed by atoms with Crippen LogP contribution in [0.1, 0.15) is 47.6 Å². The van der Waals surface area contributed by atoms with Crippen molar-refractivity contribution >= 4 is 23.3 Å². The Bertz CT molecular complexity index is 1530. The number of nitrogens with two attached hydrogens (primary N) is 1. The number of aryl methyl sites for hydroxylation is 2. The molecule has 42 heavy (non-hydrogen) atoms. The Morgan fingerprint density at radius 2 is 1.88 bits per heavy atom. The van der Waals surface area contributed by atoms with Crippen LogP contribution >= 0.6 is 0 Å². The molecule has 1 aromatic carbocycles. The normalized spacial score (nSPS) is 14.9. The summed E-state index contributed by atoms with van der Waals surface area (Å²) in [6.07, 6.45) is 0.489. The number of nitrogens with one attached hydrogen (secondary N) is 1. The summed E-state index contributed by atoms with van der Waals surface area (Å²) in [5.41, 5.74) is 8.78. The van der Waals surface area contributed by atoms with E-state index in [2.05, 4.69) is 10.3 Å². The third-order valence-corrected chi connectivity index (χ3v) is 7.27. The first-order chi connectivity index (χ1) is 19.5. The molecule has 10 nitrogen and oxygen atoms in total. The van der Waals surface area contributed by atoms with Gasteiger partial charge in [-0.05, 0) is 43.6 Å². The SMILES string of the molecule is C[N-]/C(=C(\C(=N)OC)c1nc2c(c(N(Cc3ccc(-c4nc(C(F)(F)F)cn4C)cc3)C(N)=O)n1)CCC2)C1CC1.[K+]. The van der Waals surface area contributed by atoms with Gasteiger partial charge >= 0.3 is 63.6 Å². The predicted octanol–water partition coefficient (Wildman–Crippen LogP) is 2.22. The number of methoxy groups -OCH3 is 1. The molecule has 2 aromatic heterocycles. The third-order valence-electron chi connectivity index (χ3n) is 7.27. The van der Waals surface area contributed by atoms with E-state index in [1.165, 1.54) is 23.6 Å². The average Bonchev–Trinajstić information content (AvgIpc) is 3.52. The van der Waals surface area contributed by atoms with Crippen LogP contribution in [0.4, 0.5) is 23.8 Å². The van der Waals surface area contributed by atoms with Crippen molar-refractivity contribution in [3.63, 3.8) is 0 Å². The van der Waals surface area contributed by atoms with Crippen molar-refractivity contribution in [3.05, 3.63) is 69.8 Å². The number of imidazole rings is 1.